The Hall–Kier alpha value is -1.30. The third-order valence-electron chi connectivity index (χ3n) is 2.92. The van der Waals surface area contributed by atoms with Gasteiger partial charge in [0.05, 0.1) is 12.1 Å². The van der Waals surface area contributed by atoms with Gasteiger partial charge in [0.25, 0.3) is 0 Å². The van der Waals surface area contributed by atoms with Crippen LogP contribution in [0.1, 0.15) is 25.7 Å². The Morgan fingerprint density at radius 1 is 1.20 bits per heavy atom. The van der Waals surface area contributed by atoms with Gasteiger partial charge in [-0.2, -0.15) is 0 Å². The molecule has 0 radical (unpaired) electrons. The molecule has 0 spiro atoms. The minimum atomic E-state index is -1.14. The number of carbonyl (C=O) groups is 2. The second-order valence-corrected chi connectivity index (χ2v) is 3.93. The van der Waals surface area contributed by atoms with Gasteiger partial charge in [0, 0.05) is 0 Å². The third kappa shape index (κ3) is 3.39. The summed E-state index contributed by atoms with van der Waals surface area (Å²) in [7, 11) is 0. The summed E-state index contributed by atoms with van der Waals surface area (Å²) in [6, 6.07) is 0. The van der Waals surface area contributed by atoms with Crippen LogP contribution in [0, 0.1) is 11.8 Å². The van der Waals surface area contributed by atoms with E-state index in [0.717, 1.165) is 0 Å². The Morgan fingerprint density at radius 3 is 2.13 bits per heavy atom. The van der Waals surface area contributed by atoms with Gasteiger partial charge < -0.3 is 21.3 Å². The lowest BCUT2D eigenvalue weighted by Crippen LogP contribution is -2.47. The summed E-state index contributed by atoms with van der Waals surface area (Å²) in [5, 5.41) is 19.4. The Balaban J connectivity index is 2.36. The second-order valence-electron chi connectivity index (χ2n) is 3.93. The molecule has 0 aromatic carbocycles. The van der Waals surface area contributed by atoms with E-state index in [4.69, 9.17) is 15.9 Å². The standard InChI is InChI=1S/C9H16N2O4/c10-7(11-9(14)15)5-1-3-6(4-2-5)8(12)13/h5-7,11H,1-4,10H2,(H,12,13)(H,14,15). The van der Waals surface area contributed by atoms with E-state index < -0.39 is 18.2 Å². The van der Waals surface area contributed by atoms with E-state index in [1.165, 1.54) is 0 Å². The monoisotopic (exact) mass is 216 g/mol. The third-order valence-corrected chi connectivity index (χ3v) is 2.92. The Labute approximate surface area is 87.5 Å². The van der Waals surface area contributed by atoms with Gasteiger partial charge in [-0.15, -0.1) is 0 Å². The molecule has 0 bridgehead atoms. The maximum Gasteiger partial charge on any atom is 0.405 e. The van der Waals surface area contributed by atoms with E-state index in [2.05, 4.69) is 5.32 Å². The first kappa shape index (κ1) is 11.8. The summed E-state index contributed by atoms with van der Waals surface area (Å²) in [6.45, 7) is 0. The van der Waals surface area contributed by atoms with E-state index >= 15 is 0 Å². The first-order valence-corrected chi connectivity index (χ1v) is 4.98. The quantitative estimate of drug-likeness (QED) is 0.511. The van der Waals surface area contributed by atoms with Crippen molar-refractivity contribution in [3.8, 4) is 0 Å². The lowest BCUT2D eigenvalue weighted by Gasteiger charge is -2.30. The maximum atomic E-state index is 10.7. The summed E-state index contributed by atoms with van der Waals surface area (Å²) in [6.07, 6.45) is 0.765. The lowest BCUT2D eigenvalue weighted by molar-refractivity contribution is -0.143. The minimum absolute atomic E-state index is 0.0525. The number of carboxylic acids is 1. The molecule has 0 saturated heterocycles. The van der Waals surface area contributed by atoms with Crippen molar-refractivity contribution < 1.29 is 19.8 Å². The minimum Gasteiger partial charge on any atom is -0.481 e. The molecule has 0 aromatic rings. The highest BCUT2D eigenvalue weighted by Gasteiger charge is 2.29. The molecule has 0 aromatic heterocycles. The lowest BCUT2D eigenvalue weighted by atomic mass is 9.81. The van der Waals surface area contributed by atoms with Crippen molar-refractivity contribution in [1.82, 2.24) is 5.32 Å². The predicted molar refractivity (Wildman–Crippen MR) is 52.2 cm³/mol. The van der Waals surface area contributed by atoms with Crippen LogP contribution < -0.4 is 11.1 Å². The van der Waals surface area contributed by atoms with Crippen molar-refractivity contribution >= 4 is 12.1 Å². The molecule has 1 fully saturated rings. The van der Waals surface area contributed by atoms with Crippen molar-refractivity contribution in [2.75, 3.05) is 0 Å². The predicted octanol–water partition coefficient (Wildman–Crippen LogP) is 0.430. The smallest absolute Gasteiger partial charge is 0.405 e. The summed E-state index contributed by atoms with van der Waals surface area (Å²) in [5.41, 5.74) is 5.63. The molecule has 1 unspecified atom stereocenters. The van der Waals surface area contributed by atoms with Crippen molar-refractivity contribution in [3.05, 3.63) is 0 Å². The number of hydrogen-bond acceptors (Lipinski definition) is 3. The van der Waals surface area contributed by atoms with Crippen LogP contribution in [0.3, 0.4) is 0 Å². The first-order chi connectivity index (χ1) is 7.00. The number of rotatable bonds is 3. The number of carboxylic acid groups (broad SMARTS) is 2. The van der Waals surface area contributed by atoms with Gasteiger partial charge in [-0.3, -0.25) is 4.79 Å². The SMILES string of the molecule is NC(NC(=O)O)C1CCC(C(=O)O)CC1. The van der Waals surface area contributed by atoms with E-state index in [-0.39, 0.29) is 11.8 Å². The van der Waals surface area contributed by atoms with E-state index in [1.807, 2.05) is 0 Å². The van der Waals surface area contributed by atoms with Gasteiger partial charge in [-0.05, 0) is 31.6 Å². The van der Waals surface area contributed by atoms with Crippen LogP contribution in [0.15, 0.2) is 0 Å². The molecule has 1 aliphatic rings. The van der Waals surface area contributed by atoms with Crippen LogP contribution >= 0.6 is 0 Å². The van der Waals surface area contributed by atoms with Crippen molar-refractivity contribution in [2.45, 2.75) is 31.8 Å². The number of aliphatic carboxylic acids is 1. The zero-order valence-corrected chi connectivity index (χ0v) is 8.35. The van der Waals surface area contributed by atoms with Crippen molar-refractivity contribution in [1.29, 1.82) is 0 Å². The van der Waals surface area contributed by atoms with Gasteiger partial charge in [-0.1, -0.05) is 0 Å². The van der Waals surface area contributed by atoms with Crippen LogP contribution in [0.2, 0.25) is 0 Å². The van der Waals surface area contributed by atoms with Crippen LogP contribution in [0.25, 0.3) is 0 Å². The second kappa shape index (κ2) is 4.97. The Bertz CT molecular complexity index is 248. The van der Waals surface area contributed by atoms with Gasteiger partial charge in [0.1, 0.15) is 0 Å². The Morgan fingerprint density at radius 2 is 1.73 bits per heavy atom. The molecular formula is C9H16N2O4. The molecule has 86 valence electrons. The summed E-state index contributed by atoms with van der Waals surface area (Å²) >= 11 is 0. The highest BCUT2D eigenvalue weighted by Crippen LogP contribution is 2.29. The van der Waals surface area contributed by atoms with Gasteiger partial charge in [0.2, 0.25) is 0 Å². The van der Waals surface area contributed by atoms with E-state index in [1.54, 1.807) is 0 Å². The molecule has 1 amide bonds. The van der Waals surface area contributed by atoms with Crippen molar-refractivity contribution in [3.63, 3.8) is 0 Å². The van der Waals surface area contributed by atoms with Gasteiger partial charge in [-0.25, -0.2) is 4.79 Å². The highest BCUT2D eigenvalue weighted by molar-refractivity contribution is 5.70. The average Bonchev–Trinajstić information content (AvgIpc) is 2.17. The molecule has 5 N–H and O–H groups in total. The zero-order chi connectivity index (χ0) is 11.4. The largest absolute Gasteiger partial charge is 0.481 e. The number of nitrogens with two attached hydrogens (primary N) is 1. The molecule has 6 nitrogen and oxygen atoms in total. The fraction of sp³-hybridized carbons (Fsp3) is 0.778. The zero-order valence-electron chi connectivity index (χ0n) is 8.35. The molecular weight excluding hydrogens is 200 g/mol. The van der Waals surface area contributed by atoms with Crippen LogP contribution in [0.4, 0.5) is 4.79 Å². The van der Waals surface area contributed by atoms with Gasteiger partial charge >= 0.3 is 12.1 Å². The fourth-order valence-electron chi connectivity index (χ4n) is 1.99. The highest BCUT2D eigenvalue weighted by atomic mass is 16.4. The number of amides is 1. The molecule has 6 heteroatoms. The van der Waals surface area contributed by atoms with E-state index in [9.17, 15) is 9.59 Å². The molecule has 0 aliphatic heterocycles. The number of hydrogen-bond donors (Lipinski definition) is 4. The fourth-order valence-corrected chi connectivity index (χ4v) is 1.99. The molecule has 15 heavy (non-hydrogen) atoms. The summed E-state index contributed by atoms with van der Waals surface area (Å²) in [5.74, 6) is -1.01. The topological polar surface area (TPSA) is 113 Å². The van der Waals surface area contributed by atoms with E-state index in [0.29, 0.717) is 25.7 Å². The van der Waals surface area contributed by atoms with Gasteiger partial charge in [0.15, 0.2) is 0 Å². The normalized spacial score (nSPS) is 28.1. The summed E-state index contributed by atoms with van der Waals surface area (Å²) in [4.78, 5) is 21.0. The molecule has 1 aliphatic carbocycles. The molecule has 1 atom stereocenters. The average molecular weight is 216 g/mol. The molecule has 1 rings (SSSR count). The summed E-state index contributed by atoms with van der Waals surface area (Å²) < 4.78 is 0. The Kier molecular flexibility index (Phi) is 3.90. The molecule has 0 heterocycles. The van der Waals surface area contributed by atoms with Crippen molar-refractivity contribution in [2.24, 2.45) is 17.6 Å². The maximum absolute atomic E-state index is 10.7. The number of nitrogens with one attached hydrogen (secondary N) is 1. The first-order valence-electron chi connectivity index (χ1n) is 4.98. The van der Waals surface area contributed by atoms with Crippen LogP contribution in [-0.4, -0.2) is 28.4 Å². The molecule has 1 saturated carbocycles. The van der Waals surface area contributed by atoms with Crippen LogP contribution in [-0.2, 0) is 4.79 Å². The van der Waals surface area contributed by atoms with Crippen LogP contribution in [0.5, 0.6) is 0 Å².